The maximum atomic E-state index is 13.6. The zero-order valence-corrected chi connectivity index (χ0v) is 15.0. The fourth-order valence-corrected chi connectivity index (χ4v) is 1.81. The number of nitrogens with zero attached hydrogens (tertiary/aromatic N) is 2. The number of benzene rings is 1. The summed E-state index contributed by atoms with van der Waals surface area (Å²) in [5.41, 5.74) is 0.0437. The summed E-state index contributed by atoms with van der Waals surface area (Å²) in [4.78, 5) is 17.4. The largest absolute Gasteiger partial charge is 0.444 e. The lowest BCUT2D eigenvalue weighted by atomic mass is 10.2. The zero-order valence-electron chi connectivity index (χ0n) is 15.0. The highest BCUT2D eigenvalue weighted by Gasteiger charge is 2.19. The van der Waals surface area contributed by atoms with Gasteiger partial charge in [0, 0.05) is 39.3 Å². The third-order valence-electron chi connectivity index (χ3n) is 3.07. The Morgan fingerprint density at radius 1 is 1.29 bits per heavy atom. The molecule has 0 heterocycles. The Labute approximate surface area is 143 Å². The molecule has 0 aromatic heterocycles. The molecule has 0 saturated heterocycles. The molecule has 6 nitrogen and oxygen atoms in total. The quantitative estimate of drug-likeness (QED) is 0.639. The fourth-order valence-electron chi connectivity index (χ4n) is 1.81. The minimum Gasteiger partial charge on any atom is -0.444 e. The Kier molecular flexibility index (Phi) is 7.48. The first-order valence-corrected chi connectivity index (χ1v) is 7.85. The Balaban J connectivity index is 2.37. The van der Waals surface area contributed by atoms with Crippen molar-refractivity contribution in [2.45, 2.75) is 32.9 Å². The molecule has 1 aromatic rings. The van der Waals surface area contributed by atoms with Crippen LogP contribution >= 0.6 is 0 Å². The lowest BCUT2D eigenvalue weighted by Crippen LogP contribution is -2.42. The van der Waals surface area contributed by atoms with Crippen LogP contribution in [0.2, 0.25) is 0 Å². The van der Waals surface area contributed by atoms with E-state index in [1.807, 2.05) is 20.8 Å². The van der Waals surface area contributed by atoms with E-state index in [0.29, 0.717) is 31.2 Å². The van der Waals surface area contributed by atoms with E-state index in [2.05, 4.69) is 15.6 Å². The molecule has 0 aliphatic rings. The van der Waals surface area contributed by atoms with Gasteiger partial charge in [0.2, 0.25) is 0 Å². The van der Waals surface area contributed by atoms with Crippen LogP contribution in [0.5, 0.6) is 0 Å². The molecule has 1 amide bonds. The first-order valence-electron chi connectivity index (χ1n) is 7.85. The van der Waals surface area contributed by atoms with Gasteiger partial charge in [-0.05, 0) is 26.8 Å². The lowest BCUT2D eigenvalue weighted by molar-refractivity contribution is 0.0302. The van der Waals surface area contributed by atoms with Gasteiger partial charge < -0.3 is 20.3 Å². The van der Waals surface area contributed by atoms with Crippen LogP contribution in [0.15, 0.2) is 29.3 Å². The SMILES string of the molecule is CN=C(NCCN(C)C(=O)OC(C)(C)C)NCc1ccccc1F. The molecular formula is C17H27FN4O2. The van der Waals surface area contributed by atoms with Gasteiger partial charge in [-0.2, -0.15) is 0 Å². The van der Waals surface area contributed by atoms with E-state index < -0.39 is 5.60 Å². The van der Waals surface area contributed by atoms with Crippen molar-refractivity contribution < 1.29 is 13.9 Å². The average molecular weight is 338 g/mol. The number of rotatable bonds is 5. The van der Waals surface area contributed by atoms with E-state index in [1.54, 1.807) is 32.3 Å². The van der Waals surface area contributed by atoms with Gasteiger partial charge in [0.15, 0.2) is 5.96 Å². The van der Waals surface area contributed by atoms with Crippen molar-refractivity contribution in [3.63, 3.8) is 0 Å². The molecule has 0 fully saturated rings. The topological polar surface area (TPSA) is 66.0 Å². The molecular weight excluding hydrogens is 311 g/mol. The van der Waals surface area contributed by atoms with Crippen LogP contribution in [-0.4, -0.2) is 49.7 Å². The molecule has 0 bridgehead atoms. The number of aliphatic imine (C=N–C) groups is 1. The van der Waals surface area contributed by atoms with Crippen molar-refractivity contribution >= 4 is 12.1 Å². The minimum atomic E-state index is -0.518. The van der Waals surface area contributed by atoms with E-state index >= 15 is 0 Å². The summed E-state index contributed by atoms with van der Waals surface area (Å²) in [5.74, 6) is 0.279. The summed E-state index contributed by atoms with van der Waals surface area (Å²) in [6.45, 7) is 6.75. The maximum Gasteiger partial charge on any atom is 0.410 e. The highest BCUT2D eigenvalue weighted by atomic mass is 19.1. The highest BCUT2D eigenvalue weighted by Crippen LogP contribution is 2.08. The van der Waals surface area contributed by atoms with Crippen molar-refractivity contribution in [2.24, 2.45) is 4.99 Å². The minimum absolute atomic E-state index is 0.259. The van der Waals surface area contributed by atoms with E-state index in [9.17, 15) is 9.18 Å². The van der Waals surface area contributed by atoms with Crippen LogP contribution in [0.3, 0.4) is 0 Å². The number of carbonyl (C=O) groups excluding carboxylic acids is 1. The first kappa shape index (κ1) is 19.7. The Hall–Kier alpha value is -2.31. The normalized spacial score (nSPS) is 11.8. The summed E-state index contributed by atoms with van der Waals surface area (Å²) >= 11 is 0. The molecule has 2 N–H and O–H groups in total. The van der Waals surface area contributed by atoms with Crippen LogP contribution in [0.25, 0.3) is 0 Å². The van der Waals surface area contributed by atoms with Gasteiger partial charge in [0.25, 0.3) is 0 Å². The molecule has 24 heavy (non-hydrogen) atoms. The molecule has 0 aliphatic carbocycles. The average Bonchev–Trinajstić information content (AvgIpc) is 2.50. The number of nitrogens with one attached hydrogen (secondary N) is 2. The Bertz CT molecular complexity index is 570. The molecule has 0 unspecified atom stereocenters. The molecule has 0 aliphatic heterocycles. The second-order valence-corrected chi connectivity index (χ2v) is 6.35. The number of hydrogen-bond donors (Lipinski definition) is 2. The number of amides is 1. The highest BCUT2D eigenvalue weighted by molar-refractivity contribution is 5.79. The van der Waals surface area contributed by atoms with E-state index in [4.69, 9.17) is 4.74 Å². The number of ether oxygens (including phenoxy) is 1. The number of likely N-dealkylation sites (N-methyl/N-ethyl adjacent to an activating group) is 1. The van der Waals surface area contributed by atoms with Crippen LogP contribution in [0.4, 0.5) is 9.18 Å². The van der Waals surface area contributed by atoms with Gasteiger partial charge in [-0.1, -0.05) is 18.2 Å². The summed E-state index contributed by atoms with van der Waals surface area (Å²) in [6.07, 6.45) is -0.376. The number of hydrogen-bond acceptors (Lipinski definition) is 3. The van der Waals surface area contributed by atoms with Crippen molar-refractivity contribution in [3.8, 4) is 0 Å². The predicted molar refractivity (Wildman–Crippen MR) is 93.5 cm³/mol. The van der Waals surface area contributed by atoms with Crippen LogP contribution in [0, 0.1) is 5.82 Å². The van der Waals surface area contributed by atoms with Crippen molar-refractivity contribution in [2.75, 3.05) is 27.2 Å². The van der Waals surface area contributed by atoms with E-state index in [-0.39, 0.29) is 11.9 Å². The van der Waals surface area contributed by atoms with Gasteiger partial charge in [-0.25, -0.2) is 9.18 Å². The first-order chi connectivity index (χ1) is 11.2. The Morgan fingerprint density at radius 2 is 1.96 bits per heavy atom. The molecule has 1 rings (SSSR count). The molecule has 7 heteroatoms. The molecule has 0 spiro atoms. The van der Waals surface area contributed by atoms with Gasteiger partial charge in [0.05, 0.1) is 0 Å². The zero-order chi connectivity index (χ0) is 18.2. The van der Waals surface area contributed by atoms with Gasteiger partial charge in [0.1, 0.15) is 11.4 Å². The number of halogens is 1. The van der Waals surface area contributed by atoms with E-state index in [0.717, 1.165) is 0 Å². The molecule has 0 saturated carbocycles. The van der Waals surface area contributed by atoms with Crippen molar-refractivity contribution in [1.29, 1.82) is 0 Å². The smallest absolute Gasteiger partial charge is 0.410 e. The molecule has 0 atom stereocenters. The van der Waals surface area contributed by atoms with Gasteiger partial charge >= 0.3 is 6.09 Å². The third-order valence-corrected chi connectivity index (χ3v) is 3.07. The van der Waals surface area contributed by atoms with Crippen molar-refractivity contribution in [1.82, 2.24) is 15.5 Å². The summed E-state index contributed by atoms with van der Waals surface area (Å²) in [6, 6.07) is 6.57. The number of guanidine groups is 1. The summed E-state index contributed by atoms with van der Waals surface area (Å²) in [7, 11) is 3.31. The monoisotopic (exact) mass is 338 g/mol. The van der Waals surface area contributed by atoms with Crippen LogP contribution in [-0.2, 0) is 11.3 Å². The standard InChI is InChI=1S/C17H27FN4O2/c1-17(2,3)24-16(23)22(5)11-10-20-15(19-4)21-12-13-8-6-7-9-14(13)18/h6-9H,10-12H2,1-5H3,(H2,19,20,21). The summed E-state index contributed by atoms with van der Waals surface area (Å²) in [5, 5.41) is 6.11. The van der Waals surface area contributed by atoms with E-state index in [1.165, 1.54) is 11.0 Å². The van der Waals surface area contributed by atoms with Crippen LogP contribution < -0.4 is 10.6 Å². The maximum absolute atomic E-state index is 13.6. The fraction of sp³-hybridized carbons (Fsp3) is 0.529. The molecule has 0 radical (unpaired) electrons. The van der Waals surface area contributed by atoms with Crippen LogP contribution in [0.1, 0.15) is 26.3 Å². The third kappa shape index (κ3) is 7.30. The van der Waals surface area contributed by atoms with Crippen molar-refractivity contribution in [3.05, 3.63) is 35.6 Å². The molecule has 1 aromatic carbocycles. The number of carbonyl (C=O) groups is 1. The summed E-state index contributed by atoms with van der Waals surface area (Å²) < 4.78 is 18.8. The predicted octanol–water partition coefficient (Wildman–Crippen LogP) is 2.36. The second kappa shape index (κ2) is 9.10. The second-order valence-electron chi connectivity index (χ2n) is 6.35. The van der Waals surface area contributed by atoms with Gasteiger partial charge in [-0.3, -0.25) is 4.99 Å². The van der Waals surface area contributed by atoms with Gasteiger partial charge in [-0.15, -0.1) is 0 Å². The lowest BCUT2D eigenvalue weighted by Gasteiger charge is -2.24. The molecule has 134 valence electrons. The Morgan fingerprint density at radius 3 is 2.54 bits per heavy atom.